The third kappa shape index (κ3) is 5.09. The number of rotatable bonds is 5. The Morgan fingerprint density at radius 2 is 1.59 bits per heavy atom. The third-order valence-corrected chi connectivity index (χ3v) is 6.10. The molecule has 0 amide bonds. The van der Waals surface area contributed by atoms with Crippen LogP contribution in [0.1, 0.15) is 51.9 Å². The summed E-state index contributed by atoms with van der Waals surface area (Å²) in [5.74, 6) is 2.05. The predicted molar refractivity (Wildman–Crippen MR) is 96.9 cm³/mol. The first-order chi connectivity index (χ1) is 10.3. The second-order valence-corrected chi connectivity index (χ2v) is 7.66. The van der Waals surface area contributed by atoms with E-state index in [1.165, 1.54) is 90.8 Å². The molecule has 2 aliphatic heterocycles. The van der Waals surface area contributed by atoms with Crippen LogP contribution in [0.3, 0.4) is 0 Å². The molecule has 1 atom stereocenters. The molecule has 0 aromatic carbocycles. The Morgan fingerprint density at radius 3 is 2.27 bits per heavy atom. The second kappa shape index (κ2) is 9.46. The van der Waals surface area contributed by atoms with Crippen LogP contribution >= 0.6 is 12.4 Å². The first kappa shape index (κ1) is 18.5. The van der Waals surface area contributed by atoms with Crippen LogP contribution in [0.25, 0.3) is 0 Å². The van der Waals surface area contributed by atoms with Gasteiger partial charge in [0.05, 0.1) is 0 Å². The van der Waals surface area contributed by atoms with Gasteiger partial charge in [-0.15, -0.1) is 12.4 Å². The number of halogens is 1. The van der Waals surface area contributed by atoms with E-state index in [1.807, 2.05) is 0 Å². The van der Waals surface area contributed by atoms with Crippen molar-refractivity contribution in [3.8, 4) is 0 Å². The van der Waals surface area contributed by atoms with E-state index >= 15 is 0 Å². The number of hydrogen-bond acceptors (Lipinski definition) is 3. The fourth-order valence-corrected chi connectivity index (χ4v) is 4.80. The van der Waals surface area contributed by atoms with Crippen molar-refractivity contribution in [1.29, 1.82) is 0 Å². The highest BCUT2D eigenvalue weighted by atomic mass is 35.5. The predicted octanol–water partition coefficient (Wildman–Crippen LogP) is 2.99. The molecule has 2 heterocycles. The maximum absolute atomic E-state index is 3.47. The van der Waals surface area contributed by atoms with Gasteiger partial charge in [-0.25, -0.2) is 0 Å². The zero-order chi connectivity index (χ0) is 14.5. The zero-order valence-corrected chi connectivity index (χ0v) is 15.3. The minimum atomic E-state index is 0. The van der Waals surface area contributed by atoms with Crippen LogP contribution in [0, 0.1) is 11.8 Å². The van der Waals surface area contributed by atoms with Gasteiger partial charge in [0.1, 0.15) is 0 Å². The number of piperazine rings is 1. The lowest BCUT2D eigenvalue weighted by atomic mass is 9.80. The normalized spacial score (nSPS) is 34.5. The first-order valence-corrected chi connectivity index (χ1v) is 9.52. The Kier molecular flexibility index (Phi) is 7.96. The standard InChI is InChI=1S/C18H35N3.ClH/c1-2-3-16-4-6-17(7-5-16)14-20-11-8-18(15-20)21-12-9-19-10-13-21;/h16-19H,2-15H2,1H3;1H. The molecule has 0 aromatic rings. The summed E-state index contributed by atoms with van der Waals surface area (Å²) >= 11 is 0. The van der Waals surface area contributed by atoms with Gasteiger partial charge in [0.2, 0.25) is 0 Å². The largest absolute Gasteiger partial charge is 0.314 e. The van der Waals surface area contributed by atoms with E-state index in [0.29, 0.717) is 0 Å². The van der Waals surface area contributed by atoms with Gasteiger partial charge in [0, 0.05) is 45.3 Å². The minimum Gasteiger partial charge on any atom is -0.314 e. The smallest absolute Gasteiger partial charge is 0.0236 e. The molecule has 1 aliphatic carbocycles. The number of likely N-dealkylation sites (tertiary alicyclic amines) is 1. The van der Waals surface area contributed by atoms with Crippen molar-refractivity contribution in [2.24, 2.45) is 11.8 Å². The average Bonchev–Trinajstić information content (AvgIpc) is 2.99. The lowest BCUT2D eigenvalue weighted by Crippen LogP contribution is -2.49. The zero-order valence-electron chi connectivity index (χ0n) is 14.4. The fourth-order valence-electron chi connectivity index (χ4n) is 4.80. The quantitative estimate of drug-likeness (QED) is 0.836. The SMILES string of the molecule is CCCC1CCC(CN2CCC(N3CCNCC3)C2)CC1.Cl. The Hall–Kier alpha value is 0.170. The summed E-state index contributed by atoms with van der Waals surface area (Å²) in [5, 5.41) is 3.47. The van der Waals surface area contributed by atoms with Gasteiger partial charge in [-0.05, 0) is 37.6 Å². The van der Waals surface area contributed by atoms with E-state index in [1.54, 1.807) is 0 Å². The third-order valence-electron chi connectivity index (χ3n) is 6.10. The summed E-state index contributed by atoms with van der Waals surface area (Å²) in [4.78, 5) is 5.51. The fraction of sp³-hybridized carbons (Fsp3) is 1.00. The van der Waals surface area contributed by atoms with Gasteiger partial charge in [-0.1, -0.05) is 32.6 Å². The van der Waals surface area contributed by atoms with Crippen molar-refractivity contribution in [1.82, 2.24) is 15.1 Å². The summed E-state index contributed by atoms with van der Waals surface area (Å²) in [6.07, 6.45) is 10.3. The van der Waals surface area contributed by atoms with Crippen LogP contribution in [-0.2, 0) is 0 Å². The molecule has 3 aliphatic rings. The highest BCUT2D eigenvalue weighted by molar-refractivity contribution is 5.85. The summed E-state index contributed by atoms with van der Waals surface area (Å²) in [7, 11) is 0. The highest BCUT2D eigenvalue weighted by Crippen LogP contribution is 2.32. The van der Waals surface area contributed by atoms with Gasteiger partial charge in [0.15, 0.2) is 0 Å². The van der Waals surface area contributed by atoms with Gasteiger partial charge >= 0.3 is 0 Å². The van der Waals surface area contributed by atoms with E-state index in [0.717, 1.165) is 17.9 Å². The van der Waals surface area contributed by atoms with Crippen molar-refractivity contribution >= 4 is 12.4 Å². The molecule has 0 aromatic heterocycles. The maximum atomic E-state index is 3.47. The second-order valence-electron chi connectivity index (χ2n) is 7.66. The summed E-state index contributed by atoms with van der Waals surface area (Å²) in [6, 6.07) is 0.850. The molecule has 130 valence electrons. The monoisotopic (exact) mass is 329 g/mol. The molecule has 0 radical (unpaired) electrons. The molecule has 0 spiro atoms. The maximum Gasteiger partial charge on any atom is 0.0236 e. The molecule has 1 N–H and O–H groups in total. The average molecular weight is 330 g/mol. The highest BCUT2D eigenvalue weighted by Gasteiger charge is 2.30. The molecule has 3 nitrogen and oxygen atoms in total. The summed E-state index contributed by atoms with van der Waals surface area (Å²) in [6.45, 7) is 11.3. The van der Waals surface area contributed by atoms with Crippen molar-refractivity contribution in [2.75, 3.05) is 45.8 Å². The Balaban J connectivity index is 0.00000176. The van der Waals surface area contributed by atoms with Crippen molar-refractivity contribution in [3.63, 3.8) is 0 Å². The topological polar surface area (TPSA) is 18.5 Å². The molecule has 1 unspecified atom stereocenters. The number of hydrogen-bond donors (Lipinski definition) is 1. The summed E-state index contributed by atoms with van der Waals surface area (Å²) in [5.41, 5.74) is 0. The Bertz CT molecular complexity index is 299. The minimum absolute atomic E-state index is 0. The van der Waals surface area contributed by atoms with Crippen LogP contribution in [0.4, 0.5) is 0 Å². The molecular formula is C18H36ClN3. The molecule has 22 heavy (non-hydrogen) atoms. The molecular weight excluding hydrogens is 294 g/mol. The van der Waals surface area contributed by atoms with Crippen LogP contribution in [0.2, 0.25) is 0 Å². The first-order valence-electron chi connectivity index (χ1n) is 9.52. The van der Waals surface area contributed by atoms with E-state index in [-0.39, 0.29) is 12.4 Å². The Labute approximate surface area is 143 Å². The van der Waals surface area contributed by atoms with Gasteiger partial charge in [-0.2, -0.15) is 0 Å². The van der Waals surface area contributed by atoms with Crippen LogP contribution < -0.4 is 5.32 Å². The van der Waals surface area contributed by atoms with E-state index in [9.17, 15) is 0 Å². The van der Waals surface area contributed by atoms with E-state index in [4.69, 9.17) is 0 Å². The van der Waals surface area contributed by atoms with Crippen LogP contribution in [-0.4, -0.2) is 61.7 Å². The lowest BCUT2D eigenvalue weighted by molar-refractivity contribution is 0.157. The number of nitrogens with one attached hydrogen (secondary N) is 1. The summed E-state index contributed by atoms with van der Waals surface area (Å²) < 4.78 is 0. The molecule has 1 saturated carbocycles. The van der Waals surface area contributed by atoms with Crippen molar-refractivity contribution < 1.29 is 0 Å². The van der Waals surface area contributed by atoms with Crippen molar-refractivity contribution in [3.05, 3.63) is 0 Å². The van der Waals surface area contributed by atoms with Gasteiger partial charge < -0.3 is 10.2 Å². The molecule has 3 rings (SSSR count). The number of nitrogens with zero attached hydrogens (tertiary/aromatic N) is 2. The van der Waals surface area contributed by atoms with Crippen molar-refractivity contribution in [2.45, 2.75) is 57.9 Å². The van der Waals surface area contributed by atoms with Gasteiger partial charge in [0.25, 0.3) is 0 Å². The molecule has 2 saturated heterocycles. The van der Waals surface area contributed by atoms with Gasteiger partial charge in [-0.3, -0.25) is 4.90 Å². The molecule has 0 bridgehead atoms. The van der Waals surface area contributed by atoms with E-state index in [2.05, 4.69) is 22.0 Å². The molecule has 3 fully saturated rings. The lowest BCUT2D eigenvalue weighted by Gasteiger charge is -2.34. The Morgan fingerprint density at radius 1 is 0.909 bits per heavy atom. The molecule has 4 heteroatoms. The van der Waals surface area contributed by atoms with E-state index < -0.39 is 0 Å². The van der Waals surface area contributed by atoms with Crippen LogP contribution in [0.15, 0.2) is 0 Å². The van der Waals surface area contributed by atoms with Crippen LogP contribution in [0.5, 0.6) is 0 Å².